The minimum absolute atomic E-state index is 0.0981. The van der Waals surface area contributed by atoms with Crippen molar-refractivity contribution >= 4 is 24.0 Å². The Bertz CT molecular complexity index is 1400. The fourth-order valence-electron chi connectivity index (χ4n) is 5.57. The molecule has 0 spiro atoms. The molecule has 0 unspecified atom stereocenters. The van der Waals surface area contributed by atoms with E-state index in [1.165, 1.54) is 12.0 Å². The molecule has 4 amide bonds. The molecule has 5 rings (SSSR count). The summed E-state index contributed by atoms with van der Waals surface area (Å²) in [6.07, 6.45) is 0.461. The van der Waals surface area contributed by atoms with Crippen molar-refractivity contribution in [2.75, 3.05) is 26.8 Å². The van der Waals surface area contributed by atoms with Crippen LogP contribution in [-0.4, -0.2) is 67.8 Å². The van der Waals surface area contributed by atoms with Crippen LogP contribution in [-0.2, 0) is 25.6 Å². The van der Waals surface area contributed by atoms with Crippen molar-refractivity contribution in [2.24, 2.45) is 0 Å². The summed E-state index contributed by atoms with van der Waals surface area (Å²) >= 11 is 0. The van der Waals surface area contributed by atoms with Gasteiger partial charge in [0, 0.05) is 19.0 Å². The van der Waals surface area contributed by atoms with Gasteiger partial charge in [-0.15, -0.1) is 0 Å². The Kier molecular flexibility index (Phi) is 9.01. The molecule has 1 fully saturated rings. The fourth-order valence-corrected chi connectivity index (χ4v) is 5.57. The molecular formula is C32H34N4O6. The predicted octanol–water partition coefficient (Wildman–Crippen LogP) is 3.56. The molecule has 3 aromatic carbocycles. The number of nitrogens with one attached hydrogen (secondary N) is 3. The normalized spacial score (nSPS) is 16.1. The molecule has 218 valence electrons. The average Bonchev–Trinajstić information content (AvgIpc) is 3.64. The van der Waals surface area contributed by atoms with Gasteiger partial charge in [-0.2, -0.15) is 0 Å². The number of hydrogen-bond donors (Lipinski definition) is 3. The van der Waals surface area contributed by atoms with Crippen molar-refractivity contribution in [1.82, 2.24) is 20.9 Å². The number of hydrogen-bond acceptors (Lipinski definition) is 6. The number of likely N-dealkylation sites (tertiary alicyclic amines) is 1. The minimum atomic E-state index is -1.13. The zero-order chi connectivity index (χ0) is 29.5. The number of urea groups is 1. The zero-order valence-corrected chi connectivity index (χ0v) is 23.4. The van der Waals surface area contributed by atoms with Crippen LogP contribution < -0.4 is 16.0 Å². The van der Waals surface area contributed by atoms with Crippen molar-refractivity contribution < 1.29 is 28.7 Å². The van der Waals surface area contributed by atoms with E-state index in [1.807, 2.05) is 66.7 Å². The van der Waals surface area contributed by atoms with Crippen LogP contribution in [0.5, 0.6) is 0 Å². The van der Waals surface area contributed by atoms with Gasteiger partial charge in [0.15, 0.2) is 0 Å². The minimum Gasteiger partial charge on any atom is -0.467 e. The highest BCUT2D eigenvalue weighted by molar-refractivity contribution is 5.90. The van der Waals surface area contributed by atoms with Gasteiger partial charge < -0.3 is 25.4 Å². The summed E-state index contributed by atoms with van der Waals surface area (Å²) in [5.41, 5.74) is 5.37. The number of esters is 1. The molecular weight excluding hydrogens is 536 g/mol. The van der Waals surface area contributed by atoms with Crippen LogP contribution >= 0.6 is 0 Å². The smallest absolute Gasteiger partial charge is 0.410 e. The maximum atomic E-state index is 13.2. The van der Waals surface area contributed by atoms with Gasteiger partial charge in [0.1, 0.15) is 18.7 Å². The van der Waals surface area contributed by atoms with E-state index in [0.29, 0.717) is 25.9 Å². The second-order valence-electron chi connectivity index (χ2n) is 10.3. The van der Waals surface area contributed by atoms with Crippen molar-refractivity contribution in [2.45, 2.75) is 37.4 Å². The first-order valence-corrected chi connectivity index (χ1v) is 14.0. The van der Waals surface area contributed by atoms with Gasteiger partial charge >= 0.3 is 18.1 Å². The highest BCUT2D eigenvalue weighted by Gasteiger charge is 2.38. The molecule has 0 aromatic heterocycles. The number of methoxy groups -OCH3 is 1. The van der Waals surface area contributed by atoms with Gasteiger partial charge in [-0.05, 0) is 40.7 Å². The molecule has 2 aliphatic rings. The van der Waals surface area contributed by atoms with Crippen LogP contribution in [0.1, 0.15) is 35.4 Å². The first-order chi connectivity index (χ1) is 20.5. The molecule has 2 atom stereocenters. The van der Waals surface area contributed by atoms with Crippen LogP contribution in [0.15, 0.2) is 78.9 Å². The second-order valence-corrected chi connectivity index (χ2v) is 10.3. The second kappa shape index (κ2) is 13.2. The molecule has 3 aromatic rings. The van der Waals surface area contributed by atoms with E-state index in [-0.39, 0.29) is 19.1 Å². The summed E-state index contributed by atoms with van der Waals surface area (Å²) in [4.78, 5) is 52.5. The topological polar surface area (TPSA) is 126 Å². The van der Waals surface area contributed by atoms with Crippen LogP contribution in [0.3, 0.4) is 0 Å². The number of rotatable bonds is 9. The van der Waals surface area contributed by atoms with Gasteiger partial charge in [0.25, 0.3) is 0 Å². The first-order valence-electron chi connectivity index (χ1n) is 14.0. The predicted molar refractivity (Wildman–Crippen MR) is 155 cm³/mol. The molecule has 10 nitrogen and oxygen atoms in total. The number of nitrogens with zero attached hydrogens (tertiary/aromatic N) is 1. The Labute approximate surface area is 244 Å². The van der Waals surface area contributed by atoms with E-state index in [2.05, 4.69) is 28.1 Å². The maximum Gasteiger partial charge on any atom is 0.410 e. The van der Waals surface area contributed by atoms with E-state index >= 15 is 0 Å². The molecule has 0 saturated carbocycles. The Hall–Kier alpha value is -4.86. The lowest BCUT2D eigenvalue weighted by atomic mass is 9.98. The van der Waals surface area contributed by atoms with Crippen molar-refractivity contribution in [3.05, 3.63) is 95.6 Å². The summed E-state index contributed by atoms with van der Waals surface area (Å²) in [5, 5.41) is 7.94. The Morgan fingerprint density at radius 1 is 0.881 bits per heavy atom. The van der Waals surface area contributed by atoms with Crippen LogP contribution in [0.25, 0.3) is 11.1 Å². The number of carbonyl (C=O) groups is 4. The highest BCUT2D eigenvalue weighted by atomic mass is 16.6. The number of ether oxygens (including phenoxy) is 2. The number of benzene rings is 3. The molecule has 1 heterocycles. The van der Waals surface area contributed by atoms with Gasteiger partial charge in [-0.1, -0.05) is 78.9 Å². The Morgan fingerprint density at radius 2 is 1.52 bits per heavy atom. The molecule has 0 bridgehead atoms. The van der Waals surface area contributed by atoms with Gasteiger partial charge in [0.2, 0.25) is 5.91 Å². The van der Waals surface area contributed by atoms with Gasteiger partial charge in [-0.3, -0.25) is 9.69 Å². The number of amides is 4. The Morgan fingerprint density at radius 3 is 2.19 bits per heavy atom. The molecule has 0 radical (unpaired) electrons. The molecule has 3 N–H and O–H groups in total. The summed E-state index contributed by atoms with van der Waals surface area (Å²) in [6.45, 7) is 0.623. The van der Waals surface area contributed by atoms with E-state index in [0.717, 1.165) is 27.8 Å². The quantitative estimate of drug-likeness (QED) is 0.338. The molecule has 1 saturated heterocycles. The molecule has 1 aliphatic carbocycles. The third-order valence-electron chi connectivity index (χ3n) is 7.69. The summed E-state index contributed by atoms with van der Waals surface area (Å²) in [6, 6.07) is 23.1. The SMILES string of the molecule is COC(=O)[C@H](CNC(=O)NCc1ccccc1)NC(=O)[C@@H]1CCCN1C(=O)OCC1c2ccccc2-c2ccccc21. The van der Waals surface area contributed by atoms with E-state index in [9.17, 15) is 19.2 Å². The maximum absolute atomic E-state index is 13.2. The zero-order valence-electron chi connectivity index (χ0n) is 23.4. The molecule has 10 heteroatoms. The molecule has 42 heavy (non-hydrogen) atoms. The van der Waals surface area contributed by atoms with E-state index < -0.39 is 36.1 Å². The lowest BCUT2D eigenvalue weighted by Crippen LogP contribution is -2.55. The molecule has 1 aliphatic heterocycles. The van der Waals surface area contributed by atoms with Crippen LogP contribution in [0, 0.1) is 0 Å². The highest BCUT2D eigenvalue weighted by Crippen LogP contribution is 2.44. The summed E-state index contributed by atoms with van der Waals surface area (Å²) < 4.78 is 10.6. The number of carbonyl (C=O) groups excluding carboxylic acids is 4. The lowest BCUT2D eigenvalue weighted by molar-refractivity contribution is -0.145. The summed E-state index contributed by atoms with van der Waals surface area (Å²) in [5.74, 6) is -1.32. The first kappa shape index (κ1) is 28.7. The Balaban J connectivity index is 1.16. The van der Waals surface area contributed by atoms with Crippen molar-refractivity contribution in [3.8, 4) is 11.1 Å². The van der Waals surface area contributed by atoms with E-state index in [1.54, 1.807) is 0 Å². The third-order valence-corrected chi connectivity index (χ3v) is 7.69. The van der Waals surface area contributed by atoms with Gasteiger partial charge in [0.05, 0.1) is 13.7 Å². The average molecular weight is 571 g/mol. The van der Waals surface area contributed by atoms with Crippen LogP contribution in [0.4, 0.5) is 9.59 Å². The lowest BCUT2D eigenvalue weighted by Gasteiger charge is -2.26. The van der Waals surface area contributed by atoms with Crippen molar-refractivity contribution in [1.29, 1.82) is 0 Å². The largest absolute Gasteiger partial charge is 0.467 e. The standard InChI is InChI=1S/C32H34N4O6/c1-41-30(38)27(19-34-31(39)33-18-21-10-3-2-4-11-21)35-29(37)28-16-9-17-36(28)32(40)42-20-26-24-14-7-5-12-22(24)23-13-6-8-15-25(23)26/h2-8,10-15,26-28H,9,16-20H2,1H3,(H,35,37)(H2,33,34,39)/t27-,28-/m0/s1. The fraction of sp³-hybridized carbons (Fsp3) is 0.312. The van der Waals surface area contributed by atoms with Crippen molar-refractivity contribution in [3.63, 3.8) is 0 Å². The summed E-state index contributed by atoms with van der Waals surface area (Å²) in [7, 11) is 1.20. The third kappa shape index (κ3) is 6.38. The van der Waals surface area contributed by atoms with Gasteiger partial charge in [-0.25, -0.2) is 14.4 Å². The van der Waals surface area contributed by atoms with E-state index in [4.69, 9.17) is 9.47 Å². The van der Waals surface area contributed by atoms with Crippen LogP contribution in [0.2, 0.25) is 0 Å². The number of fused-ring (bicyclic) bond motifs is 3. The monoisotopic (exact) mass is 570 g/mol.